The Bertz CT molecular complexity index is 734. The Morgan fingerprint density at radius 1 is 1.20 bits per heavy atom. The maximum Gasteiger partial charge on any atom is 0.325 e. The predicted octanol–water partition coefficient (Wildman–Crippen LogP) is 3.47. The summed E-state index contributed by atoms with van der Waals surface area (Å²) in [4.78, 5) is 27.3. The number of carbonyl (C=O) groups excluding carboxylic acids is 2. The second kappa shape index (κ2) is 10.3. The molecule has 1 saturated heterocycles. The normalized spacial score (nSPS) is 25.6. The quantitative estimate of drug-likeness (QED) is 0.606. The highest BCUT2D eigenvalue weighted by Crippen LogP contribution is 2.42. The maximum absolute atomic E-state index is 13.3. The molecule has 0 radical (unpaired) electrons. The molecule has 30 heavy (non-hydrogen) atoms. The Morgan fingerprint density at radius 3 is 2.67 bits per heavy atom. The molecule has 2 fully saturated rings. The summed E-state index contributed by atoms with van der Waals surface area (Å²) >= 11 is 0. The highest BCUT2D eigenvalue weighted by molar-refractivity contribution is 5.84. The molecule has 0 N–H and O–H groups in total. The van der Waals surface area contributed by atoms with Gasteiger partial charge in [0.15, 0.2) is 0 Å². The van der Waals surface area contributed by atoms with Gasteiger partial charge in [0.2, 0.25) is 5.91 Å². The standard InChI is InChI=1S/C24H35NO5/c1-5-29-24(27)14-25(23(26)10-17-7-6-8-21(9-17)28-4)20-11-18-13-22(16(2)3)30-15-19(18)12-20/h6-9,16,18-20,22H,5,10-15H2,1-4H3/t18-,19+,20-,22-/m0/s1. The summed E-state index contributed by atoms with van der Waals surface area (Å²) in [6, 6.07) is 7.58. The molecule has 166 valence electrons. The highest BCUT2D eigenvalue weighted by atomic mass is 16.5. The molecule has 1 amide bonds. The summed E-state index contributed by atoms with van der Waals surface area (Å²) in [5.74, 6) is 1.84. The molecular formula is C24H35NO5. The third-order valence-electron chi connectivity index (χ3n) is 6.47. The van der Waals surface area contributed by atoms with Crippen molar-refractivity contribution < 1.29 is 23.8 Å². The van der Waals surface area contributed by atoms with E-state index in [1.54, 1.807) is 18.9 Å². The second-order valence-electron chi connectivity index (χ2n) is 8.85. The van der Waals surface area contributed by atoms with Gasteiger partial charge in [-0.05, 0) is 61.6 Å². The first-order valence-electron chi connectivity index (χ1n) is 11.1. The van der Waals surface area contributed by atoms with Gasteiger partial charge in [0.25, 0.3) is 0 Å². The van der Waals surface area contributed by atoms with Crippen LogP contribution in [0.3, 0.4) is 0 Å². The number of ether oxygens (including phenoxy) is 3. The lowest BCUT2D eigenvalue weighted by molar-refractivity contribution is -0.150. The molecule has 0 spiro atoms. The van der Waals surface area contributed by atoms with Crippen LogP contribution < -0.4 is 4.74 Å². The molecule has 1 heterocycles. The summed E-state index contributed by atoms with van der Waals surface area (Å²) in [7, 11) is 1.61. The van der Waals surface area contributed by atoms with Crippen molar-refractivity contribution in [3.63, 3.8) is 0 Å². The Balaban J connectivity index is 1.72. The fourth-order valence-corrected chi connectivity index (χ4v) is 4.83. The lowest BCUT2D eigenvalue weighted by atomic mass is 9.85. The average molecular weight is 418 g/mol. The molecule has 6 heteroatoms. The van der Waals surface area contributed by atoms with Crippen LogP contribution >= 0.6 is 0 Å². The van der Waals surface area contributed by atoms with Gasteiger partial charge in [0.1, 0.15) is 12.3 Å². The van der Waals surface area contributed by atoms with E-state index in [1.807, 2.05) is 24.3 Å². The lowest BCUT2D eigenvalue weighted by Crippen LogP contribution is -2.44. The molecule has 3 rings (SSSR count). The average Bonchev–Trinajstić information content (AvgIpc) is 3.15. The van der Waals surface area contributed by atoms with Gasteiger partial charge in [0, 0.05) is 6.04 Å². The van der Waals surface area contributed by atoms with E-state index in [2.05, 4.69) is 13.8 Å². The molecule has 6 nitrogen and oxygen atoms in total. The van der Waals surface area contributed by atoms with Crippen molar-refractivity contribution in [3.8, 4) is 5.75 Å². The molecule has 0 unspecified atom stereocenters. The van der Waals surface area contributed by atoms with Crippen molar-refractivity contribution in [2.24, 2.45) is 17.8 Å². The number of carbonyl (C=O) groups is 2. The topological polar surface area (TPSA) is 65.1 Å². The van der Waals surface area contributed by atoms with Gasteiger partial charge in [0.05, 0.1) is 32.8 Å². The van der Waals surface area contributed by atoms with E-state index in [1.165, 1.54) is 0 Å². The van der Waals surface area contributed by atoms with Crippen LogP contribution in [0, 0.1) is 17.8 Å². The van der Waals surface area contributed by atoms with E-state index in [-0.39, 0.29) is 37.0 Å². The minimum absolute atomic E-state index is 0.00914. The number of esters is 1. The van der Waals surface area contributed by atoms with Crippen LogP contribution in [0.15, 0.2) is 24.3 Å². The van der Waals surface area contributed by atoms with Crippen molar-refractivity contribution in [2.45, 2.75) is 58.6 Å². The van der Waals surface area contributed by atoms with Crippen LogP contribution in [0.2, 0.25) is 0 Å². The summed E-state index contributed by atoms with van der Waals surface area (Å²) < 4.78 is 16.5. The number of nitrogens with zero attached hydrogens (tertiary/aromatic N) is 1. The fraction of sp³-hybridized carbons (Fsp3) is 0.667. The number of benzene rings is 1. The van der Waals surface area contributed by atoms with E-state index >= 15 is 0 Å². The fourth-order valence-electron chi connectivity index (χ4n) is 4.83. The van der Waals surface area contributed by atoms with Gasteiger partial charge in [-0.1, -0.05) is 26.0 Å². The molecule has 1 aromatic carbocycles. The van der Waals surface area contributed by atoms with Crippen LogP contribution in [0.1, 0.15) is 45.6 Å². The Labute approximate surface area is 179 Å². The van der Waals surface area contributed by atoms with E-state index in [0.717, 1.165) is 37.2 Å². The first-order chi connectivity index (χ1) is 14.4. The second-order valence-corrected chi connectivity index (χ2v) is 8.85. The largest absolute Gasteiger partial charge is 0.497 e. The molecule has 1 aromatic rings. The maximum atomic E-state index is 13.3. The van der Waals surface area contributed by atoms with Crippen LogP contribution in [0.4, 0.5) is 0 Å². The van der Waals surface area contributed by atoms with E-state index in [9.17, 15) is 9.59 Å². The van der Waals surface area contributed by atoms with E-state index in [0.29, 0.717) is 24.4 Å². The van der Waals surface area contributed by atoms with Crippen molar-refractivity contribution in [2.75, 3.05) is 26.9 Å². The van der Waals surface area contributed by atoms with Gasteiger partial charge >= 0.3 is 5.97 Å². The zero-order valence-corrected chi connectivity index (χ0v) is 18.6. The molecule has 4 atom stereocenters. The van der Waals surface area contributed by atoms with Crippen LogP contribution in [0.5, 0.6) is 5.75 Å². The molecular weight excluding hydrogens is 382 g/mol. The summed E-state index contributed by atoms with van der Waals surface area (Å²) in [5.41, 5.74) is 0.881. The van der Waals surface area contributed by atoms with Gasteiger partial charge in [-0.15, -0.1) is 0 Å². The first kappa shape index (κ1) is 22.6. The molecule has 1 saturated carbocycles. The molecule has 1 aliphatic carbocycles. The minimum Gasteiger partial charge on any atom is -0.497 e. The van der Waals surface area contributed by atoms with Crippen molar-refractivity contribution in [1.82, 2.24) is 4.90 Å². The Kier molecular flexibility index (Phi) is 7.75. The van der Waals surface area contributed by atoms with Crippen molar-refractivity contribution in [3.05, 3.63) is 29.8 Å². The van der Waals surface area contributed by atoms with E-state index < -0.39 is 0 Å². The first-order valence-corrected chi connectivity index (χ1v) is 11.1. The minimum atomic E-state index is -0.345. The Morgan fingerprint density at radius 2 is 1.97 bits per heavy atom. The van der Waals surface area contributed by atoms with Crippen LogP contribution in [0.25, 0.3) is 0 Å². The van der Waals surface area contributed by atoms with Crippen molar-refractivity contribution >= 4 is 11.9 Å². The van der Waals surface area contributed by atoms with Gasteiger partial charge in [-0.25, -0.2) is 0 Å². The zero-order valence-electron chi connectivity index (χ0n) is 18.6. The van der Waals surface area contributed by atoms with Gasteiger partial charge < -0.3 is 19.1 Å². The summed E-state index contributed by atoms with van der Waals surface area (Å²) in [6.07, 6.45) is 3.39. The monoisotopic (exact) mass is 417 g/mol. The summed E-state index contributed by atoms with van der Waals surface area (Å²) in [6.45, 7) is 7.26. The van der Waals surface area contributed by atoms with Crippen LogP contribution in [-0.2, 0) is 25.5 Å². The third-order valence-corrected chi connectivity index (χ3v) is 6.47. The third kappa shape index (κ3) is 5.54. The molecule has 0 bridgehead atoms. The number of hydrogen-bond donors (Lipinski definition) is 0. The van der Waals surface area contributed by atoms with Gasteiger partial charge in [-0.2, -0.15) is 0 Å². The summed E-state index contributed by atoms with van der Waals surface area (Å²) in [5, 5.41) is 0. The SMILES string of the molecule is CCOC(=O)CN(C(=O)Cc1cccc(OC)c1)[C@@H]1C[C@@H]2CO[C@H](C(C)C)C[C@@H]2C1. The zero-order chi connectivity index (χ0) is 21.7. The molecule has 1 aliphatic heterocycles. The van der Waals surface area contributed by atoms with Gasteiger partial charge in [-0.3, -0.25) is 9.59 Å². The van der Waals surface area contributed by atoms with Crippen molar-refractivity contribution in [1.29, 1.82) is 0 Å². The number of methoxy groups -OCH3 is 1. The predicted molar refractivity (Wildman–Crippen MR) is 114 cm³/mol. The lowest BCUT2D eigenvalue weighted by Gasteiger charge is -2.34. The number of fused-ring (bicyclic) bond motifs is 1. The number of rotatable bonds is 8. The van der Waals surface area contributed by atoms with E-state index in [4.69, 9.17) is 14.2 Å². The Hall–Kier alpha value is -2.08. The number of amides is 1. The molecule has 0 aromatic heterocycles. The van der Waals surface area contributed by atoms with Crippen LogP contribution in [-0.4, -0.2) is 55.8 Å². The highest BCUT2D eigenvalue weighted by Gasteiger charge is 2.43. The smallest absolute Gasteiger partial charge is 0.325 e. The molecule has 2 aliphatic rings. The number of hydrogen-bond acceptors (Lipinski definition) is 5.